The molecule has 0 unspecified atom stereocenters. The van der Waals surface area contributed by atoms with E-state index in [2.05, 4.69) is 0 Å². The molecule has 100 valence electrons. The fourth-order valence-corrected chi connectivity index (χ4v) is 1.62. The minimum Gasteiger partial charge on any atom is -0.494 e. The Morgan fingerprint density at radius 1 is 1.28 bits per heavy atom. The number of carbonyl (C=O) groups is 1. The van der Waals surface area contributed by atoms with Gasteiger partial charge in [0.15, 0.2) is 0 Å². The van der Waals surface area contributed by atoms with E-state index < -0.39 is 0 Å². The number of ether oxygens (including phenoxy) is 2. The van der Waals surface area contributed by atoms with Crippen LogP contribution in [-0.4, -0.2) is 31.2 Å². The highest BCUT2D eigenvalue weighted by molar-refractivity contribution is 7.98. The van der Waals surface area contributed by atoms with Gasteiger partial charge < -0.3 is 9.47 Å². The van der Waals surface area contributed by atoms with Crippen molar-refractivity contribution in [2.45, 2.75) is 12.8 Å². The smallest absolute Gasteiger partial charge is 0.305 e. The molecule has 18 heavy (non-hydrogen) atoms. The highest BCUT2D eigenvalue weighted by Gasteiger charge is 2.02. The Labute approximate surface area is 117 Å². The molecule has 0 aliphatic heterocycles. The van der Waals surface area contributed by atoms with Crippen LogP contribution in [0.3, 0.4) is 0 Å². The Kier molecular flexibility index (Phi) is 7.69. The van der Waals surface area contributed by atoms with Crippen molar-refractivity contribution in [3.05, 3.63) is 29.3 Å². The fourth-order valence-electron chi connectivity index (χ4n) is 1.25. The molecule has 0 aromatic heterocycles. The van der Waals surface area contributed by atoms with Crippen LogP contribution in [0, 0.1) is 0 Å². The third kappa shape index (κ3) is 6.77. The molecule has 0 aliphatic rings. The van der Waals surface area contributed by atoms with Gasteiger partial charge in [-0.1, -0.05) is 11.6 Å². The molecular formula is C13H17ClO3S. The lowest BCUT2D eigenvalue weighted by Crippen LogP contribution is -2.09. The van der Waals surface area contributed by atoms with E-state index in [0.29, 0.717) is 31.1 Å². The lowest BCUT2D eigenvalue weighted by Gasteiger charge is -2.06. The maximum absolute atomic E-state index is 11.3. The average Bonchev–Trinajstić information content (AvgIpc) is 2.37. The van der Waals surface area contributed by atoms with E-state index in [4.69, 9.17) is 21.1 Å². The van der Waals surface area contributed by atoms with Gasteiger partial charge in [-0.2, -0.15) is 11.8 Å². The van der Waals surface area contributed by atoms with Crippen LogP contribution in [0.25, 0.3) is 0 Å². The normalized spacial score (nSPS) is 10.1. The van der Waals surface area contributed by atoms with Crippen LogP contribution in [0.1, 0.15) is 12.8 Å². The highest BCUT2D eigenvalue weighted by Crippen LogP contribution is 2.15. The molecular weight excluding hydrogens is 272 g/mol. The first-order valence-corrected chi connectivity index (χ1v) is 7.52. The van der Waals surface area contributed by atoms with Crippen LogP contribution >= 0.6 is 23.4 Å². The summed E-state index contributed by atoms with van der Waals surface area (Å²) in [6, 6.07) is 7.15. The van der Waals surface area contributed by atoms with Crippen molar-refractivity contribution >= 4 is 29.3 Å². The molecule has 0 aliphatic carbocycles. The number of esters is 1. The van der Waals surface area contributed by atoms with Gasteiger partial charge in [0.25, 0.3) is 0 Å². The van der Waals surface area contributed by atoms with Crippen molar-refractivity contribution < 1.29 is 14.3 Å². The second-order valence-electron chi connectivity index (χ2n) is 3.62. The molecule has 0 radical (unpaired) electrons. The number of carbonyl (C=O) groups excluding carboxylic acids is 1. The van der Waals surface area contributed by atoms with Crippen molar-refractivity contribution in [1.82, 2.24) is 0 Å². The summed E-state index contributed by atoms with van der Waals surface area (Å²) in [5, 5.41) is 0.680. The molecule has 0 saturated carbocycles. The van der Waals surface area contributed by atoms with E-state index in [1.54, 1.807) is 36.0 Å². The van der Waals surface area contributed by atoms with E-state index in [0.717, 1.165) is 11.5 Å². The second-order valence-corrected chi connectivity index (χ2v) is 5.04. The Balaban J connectivity index is 2.07. The van der Waals surface area contributed by atoms with Crippen molar-refractivity contribution in [2.24, 2.45) is 0 Å². The second kappa shape index (κ2) is 9.11. The summed E-state index contributed by atoms with van der Waals surface area (Å²) >= 11 is 7.41. The number of rotatable bonds is 8. The van der Waals surface area contributed by atoms with Gasteiger partial charge in [0, 0.05) is 17.2 Å². The summed E-state index contributed by atoms with van der Waals surface area (Å²) in [7, 11) is 0. The number of thioether (sulfide) groups is 1. The number of hydrogen-bond acceptors (Lipinski definition) is 4. The molecule has 0 heterocycles. The zero-order chi connectivity index (χ0) is 13.2. The van der Waals surface area contributed by atoms with Crippen LogP contribution in [0.15, 0.2) is 24.3 Å². The first-order valence-electron chi connectivity index (χ1n) is 5.75. The van der Waals surface area contributed by atoms with Crippen molar-refractivity contribution in [3.63, 3.8) is 0 Å². The Morgan fingerprint density at radius 3 is 2.67 bits per heavy atom. The zero-order valence-electron chi connectivity index (χ0n) is 10.4. The van der Waals surface area contributed by atoms with E-state index >= 15 is 0 Å². The molecule has 1 rings (SSSR count). The monoisotopic (exact) mass is 288 g/mol. The molecule has 0 atom stereocenters. The summed E-state index contributed by atoms with van der Waals surface area (Å²) in [5.41, 5.74) is 0. The maximum atomic E-state index is 11.3. The largest absolute Gasteiger partial charge is 0.494 e. The molecule has 0 N–H and O–H groups in total. The lowest BCUT2D eigenvalue weighted by molar-refractivity contribution is -0.143. The van der Waals surface area contributed by atoms with E-state index in [-0.39, 0.29) is 5.97 Å². The third-order valence-corrected chi connectivity index (χ3v) is 2.99. The van der Waals surface area contributed by atoms with Gasteiger partial charge in [-0.05, 0) is 36.9 Å². The average molecular weight is 289 g/mol. The first-order chi connectivity index (χ1) is 8.72. The van der Waals surface area contributed by atoms with Crippen LogP contribution < -0.4 is 4.74 Å². The van der Waals surface area contributed by atoms with Crippen molar-refractivity contribution in [1.29, 1.82) is 0 Å². The van der Waals surface area contributed by atoms with Gasteiger partial charge >= 0.3 is 5.97 Å². The van der Waals surface area contributed by atoms with E-state index in [9.17, 15) is 4.79 Å². The standard InChI is InChI=1S/C13H17ClO3S/c1-18-10-9-17-13(15)3-2-8-16-12-6-4-11(14)5-7-12/h4-7H,2-3,8-10H2,1H3. The third-order valence-electron chi connectivity index (χ3n) is 2.16. The molecule has 1 aromatic carbocycles. The van der Waals surface area contributed by atoms with E-state index in [1.807, 2.05) is 6.26 Å². The predicted molar refractivity (Wildman–Crippen MR) is 75.5 cm³/mol. The van der Waals surface area contributed by atoms with Gasteiger partial charge in [0.2, 0.25) is 0 Å². The quantitative estimate of drug-likeness (QED) is 0.542. The zero-order valence-corrected chi connectivity index (χ0v) is 11.9. The van der Waals surface area contributed by atoms with Gasteiger partial charge in [-0.25, -0.2) is 0 Å². The number of hydrogen-bond donors (Lipinski definition) is 0. The summed E-state index contributed by atoms with van der Waals surface area (Å²) in [6.07, 6.45) is 3.02. The van der Waals surface area contributed by atoms with Crippen LogP contribution in [0.5, 0.6) is 5.75 Å². The fraction of sp³-hybridized carbons (Fsp3) is 0.462. The topological polar surface area (TPSA) is 35.5 Å². The molecule has 0 spiro atoms. The maximum Gasteiger partial charge on any atom is 0.305 e. The highest BCUT2D eigenvalue weighted by atomic mass is 35.5. The summed E-state index contributed by atoms with van der Waals surface area (Å²) in [4.78, 5) is 11.3. The predicted octanol–water partition coefficient (Wildman–Crippen LogP) is 3.41. The number of benzene rings is 1. The minimum atomic E-state index is -0.163. The van der Waals surface area contributed by atoms with Crippen LogP contribution in [0.4, 0.5) is 0 Å². The molecule has 5 heteroatoms. The van der Waals surface area contributed by atoms with Crippen LogP contribution in [-0.2, 0) is 9.53 Å². The molecule has 0 fully saturated rings. The van der Waals surface area contributed by atoms with Gasteiger partial charge in [-0.15, -0.1) is 0 Å². The van der Waals surface area contributed by atoms with Gasteiger partial charge in [-0.3, -0.25) is 4.79 Å². The number of halogens is 1. The first kappa shape index (κ1) is 15.2. The van der Waals surface area contributed by atoms with Gasteiger partial charge in [0.05, 0.1) is 6.61 Å². The van der Waals surface area contributed by atoms with Gasteiger partial charge in [0.1, 0.15) is 12.4 Å². The molecule has 0 amide bonds. The van der Waals surface area contributed by atoms with Crippen molar-refractivity contribution in [2.75, 3.05) is 25.2 Å². The molecule has 1 aromatic rings. The van der Waals surface area contributed by atoms with E-state index in [1.165, 1.54) is 0 Å². The summed E-state index contributed by atoms with van der Waals surface area (Å²) in [6.45, 7) is 0.983. The van der Waals surface area contributed by atoms with Crippen molar-refractivity contribution in [3.8, 4) is 5.75 Å². The SMILES string of the molecule is CSCCOC(=O)CCCOc1ccc(Cl)cc1. The Bertz CT molecular complexity index is 354. The Hall–Kier alpha value is -0.870. The molecule has 3 nitrogen and oxygen atoms in total. The Morgan fingerprint density at radius 2 is 2.00 bits per heavy atom. The minimum absolute atomic E-state index is 0.163. The van der Waals surface area contributed by atoms with Crippen LogP contribution in [0.2, 0.25) is 5.02 Å². The summed E-state index contributed by atoms with van der Waals surface area (Å²) in [5.74, 6) is 1.44. The molecule has 0 saturated heterocycles. The lowest BCUT2D eigenvalue weighted by atomic mass is 10.3. The molecule has 0 bridgehead atoms. The summed E-state index contributed by atoms with van der Waals surface area (Å²) < 4.78 is 10.5.